The molecule has 18 heavy (non-hydrogen) atoms. The van der Waals surface area contributed by atoms with Gasteiger partial charge in [-0.05, 0) is 36.9 Å². The number of hydrogen-bond donors (Lipinski definition) is 1. The van der Waals surface area contributed by atoms with Crippen molar-refractivity contribution in [1.29, 1.82) is 0 Å². The zero-order chi connectivity index (χ0) is 13.1. The average molecular weight is 330 g/mol. The number of halogens is 3. The van der Waals surface area contributed by atoms with Gasteiger partial charge in [-0.25, -0.2) is 4.39 Å². The second-order valence-corrected chi connectivity index (χ2v) is 5.11. The van der Waals surface area contributed by atoms with Gasteiger partial charge in [-0.3, -0.25) is 4.98 Å². The molecular formula is C13H11BrClFN2. The molecule has 0 bridgehead atoms. The van der Waals surface area contributed by atoms with E-state index in [4.69, 9.17) is 11.6 Å². The Labute approximate surface area is 118 Å². The number of aromatic nitrogens is 1. The molecule has 0 aliphatic carbocycles. The van der Waals surface area contributed by atoms with Crippen molar-refractivity contribution < 1.29 is 4.39 Å². The number of nitrogens with zero attached hydrogens (tertiary/aromatic N) is 1. The second kappa shape index (κ2) is 5.78. The fourth-order valence-electron chi connectivity index (χ4n) is 1.83. The van der Waals surface area contributed by atoms with Crippen LogP contribution >= 0.6 is 27.5 Å². The predicted molar refractivity (Wildman–Crippen MR) is 74.2 cm³/mol. The first-order valence-electron chi connectivity index (χ1n) is 5.35. The highest BCUT2D eigenvalue weighted by Gasteiger charge is 2.18. The highest BCUT2D eigenvalue weighted by molar-refractivity contribution is 9.10. The van der Waals surface area contributed by atoms with Crippen LogP contribution in [0.1, 0.15) is 17.2 Å². The van der Waals surface area contributed by atoms with Crippen molar-refractivity contribution in [3.8, 4) is 0 Å². The van der Waals surface area contributed by atoms with Gasteiger partial charge in [0.1, 0.15) is 5.82 Å². The maximum Gasteiger partial charge on any atom is 0.146 e. The van der Waals surface area contributed by atoms with Crippen LogP contribution in [0.15, 0.2) is 41.1 Å². The minimum Gasteiger partial charge on any atom is -0.309 e. The SMILES string of the molecule is CNC(c1ccncc1F)c1cc(Br)ccc1Cl. The van der Waals surface area contributed by atoms with Crippen molar-refractivity contribution >= 4 is 27.5 Å². The molecule has 0 aliphatic heterocycles. The van der Waals surface area contributed by atoms with Crippen molar-refractivity contribution in [1.82, 2.24) is 10.3 Å². The molecule has 2 rings (SSSR count). The molecular weight excluding hydrogens is 319 g/mol. The van der Waals surface area contributed by atoms with Gasteiger partial charge < -0.3 is 5.32 Å². The summed E-state index contributed by atoms with van der Waals surface area (Å²) in [7, 11) is 1.77. The molecule has 0 radical (unpaired) electrons. The Bertz CT molecular complexity index is 562. The zero-order valence-corrected chi connectivity index (χ0v) is 12.0. The number of nitrogens with one attached hydrogen (secondary N) is 1. The first-order valence-corrected chi connectivity index (χ1v) is 6.52. The van der Waals surface area contributed by atoms with Gasteiger partial charge in [-0.15, -0.1) is 0 Å². The van der Waals surface area contributed by atoms with Crippen LogP contribution in [-0.4, -0.2) is 12.0 Å². The van der Waals surface area contributed by atoms with E-state index in [0.717, 1.165) is 10.0 Å². The average Bonchev–Trinajstić information content (AvgIpc) is 2.36. The molecule has 2 aromatic rings. The molecule has 1 aromatic carbocycles. The molecule has 0 amide bonds. The van der Waals surface area contributed by atoms with Crippen LogP contribution < -0.4 is 5.32 Å². The largest absolute Gasteiger partial charge is 0.309 e. The third-order valence-corrected chi connectivity index (χ3v) is 3.51. The maximum atomic E-state index is 13.8. The van der Waals surface area contributed by atoms with E-state index in [2.05, 4.69) is 26.2 Å². The van der Waals surface area contributed by atoms with Crippen LogP contribution in [0.2, 0.25) is 5.02 Å². The van der Waals surface area contributed by atoms with Crippen LogP contribution in [0, 0.1) is 5.82 Å². The van der Waals surface area contributed by atoms with Crippen LogP contribution in [0.3, 0.4) is 0 Å². The molecule has 1 heterocycles. The van der Waals surface area contributed by atoms with Crippen molar-refractivity contribution in [2.75, 3.05) is 7.05 Å². The van der Waals surface area contributed by atoms with E-state index in [-0.39, 0.29) is 11.9 Å². The topological polar surface area (TPSA) is 24.9 Å². The summed E-state index contributed by atoms with van der Waals surface area (Å²) in [6.07, 6.45) is 2.76. The minimum absolute atomic E-state index is 0.307. The van der Waals surface area contributed by atoms with Gasteiger partial charge in [-0.2, -0.15) is 0 Å². The smallest absolute Gasteiger partial charge is 0.146 e. The maximum absolute atomic E-state index is 13.8. The fraction of sp³-hybridized carbons (Fsp3) is 0.154. The Morgan fingerprint density at radius 3 is 2.78 bits per heavy atom. The predicted octanol–water partition coefficient (Wildman–Crippen LogP) is 3.95. The Morgan fingerprint density at radius 2 is 2.11 bits per heavy atom. The third kappa shape index (κ3) is 2.71. The van der Waals surface area contributed by atoms with Crippen LogP contribution in [-0.2, 0) is 0 Å². The molecule has 1 atom stereocenters. The molecule has 1 unspecified atom stereocenters. The summed E-state index contributed by atoms with van der Waals surface area (Å²) in [6, 6.07) is 6.85. The summed E-state index contributed by atoms with van der Waals surface area (Å²) in [5.74, 6) is -0.354. The van der Waals surface area contributed by atoms with Crippen LogP contribution in [0.4, 0.5) is 4.39 Å². The minimum atomic E-state index is -0.354. The van der Waals surface area contributed by atoms with Gasteiger partial charge in [0.15, 0.2) is 0 Å². The zero-order valence-electron chi connectivity index (χ0n) is 9.62. The molecule has 0 saturated carbocycles. The Hall–Kier alpha value is -0.970. The molecule has 94 valence electrons. The van der Waals surface area contributed by atoms with Gasteiger partial charge in [0.05, 0.1) is 12.2 Å². The lowest BCUT2D eigenvalue weighted by atomic mass is 9.99. The molecule has 0 saturated heterocycles. The molecule has 1 N–H and O–H groups in total. The lowest BCUT2D eigenvalue weighted by molar-refractivity contribution is 0.571. The molecule has 2 nitrogen and oxygen atoms in total. The highest BCUT2D eigenvalue weighted by Crippen LogP contribution is 2.31. The fourth-order valence-corrected chi connectivity index (χ4v) is 2.44. The van der Waals surface area contributed by atoms with Gasteiger partial charge in [0.2, 0.25) is 0 Å². The molecule has 0 spiro atoms. The van der Waals surface area contributed by atoms with Crippen molar-refractivity contribution in [3.05, 3.63) is 63.1 Å². The first kappa shape index (κ1) is 13.5. The lowest BCUT2D eigenvalue weighted by Gasteiger charge is -2.19. The van der Waals surface area contributed by atoms with E-state index in [0.29, 0.717) is 10.6 Å². The second-order valence-electron chi connectivity index (χ2n) is 3.78. The lowest BCUT2D eigenvalue weighted by Crippen LogP contribution is -2.19. The summed E-state index contributed by atoms with van der Waals surface area (Å²) in [5.41, 5.74) is 1.34. The first-order chi connectivity index (χ1) is 8.63. The van der Waals surface area contributed by atoms with Gasteiger partial charge in [-0.1, -0.05) is 27.5 Å². The normalized spacial score (nSPS) is 12.4. The van der Waals surface area contributed by atoms with Gasteiger partial charge >= 0.3 is 0 Å². The molecule has 5 heteroatoms. The Kier molecular flexibility index (Phi) is 4.32. The number of benzene rings is 1. The Morgan fingerprint density at radius 1 is 1.33 bits per heavy atom. The monoisotopic (exact) mass is 328 g/mol. The summed E-state index contributed by atoms with van der Waals surface area (Å²) in [6.45, 7) is 0. The van der Waals surface area contributed by atoms with E-state index in [1.54, 1.807) is 25.4 Å². The van der Waals surface area contributed by atoms with Crippen molar-refractivity contribution in [2.24, 2.45) is 0 Å². The van der Waals surface area contributed by atoms with Gasteiger partial charge in [0, 0.05) is 21.3 Å². The van der Waals surface area contributed by atoms with Crippen molar-refractivity contribution in [3.63, 3.8) is 0 Å². The summed E-state index contributed by atoms with van der Waals surface area (Å²) in [4.78, 5) is 3.75. The summed E-state index contributed by atoms with van der Waals surface area (Å²) in [5, 5.41) is 3.66. The van der Waals surface area contributed by atoms with E-state index >= 15 is 0 Å². The number of rotatable bonds is 3. The van der Waals surface area contributed by atoms with Crippen molar-refractivity contribution in [2.45, 2.75) is 6.04 Å². The van der Waals surface area contributed by atoms with E-state index in [1.165, 1.54) is 6.20 Å². The Balaban J connectivity index is 2.52. The number of hydrogen-bond acceptors (Lipinski definition) is 2. The van der Waals surface area contributed by atoms with Gasteiger partial charge in [0.25, 0.3) is 0 Å². The molecule has 0 fully saturated rings. The van der Waals surface area contributed by atoms with E-state index in [1.807, 2.05) is 12.1 Å². The highest BCUT2D eigenvalue weighted by atomic mass is 79.9. The summed E-state index contributed by atoms with van der Waals surface area (Å²) >= 11 is 9.57. The van der Waals surface area contributed by atoms with E-state index < -0.39 is 0 Å². The quantitative estimate of drug-likeness (QED) is 0.922. The van der Waals surface area contributed by atoms with Crippen LogP contribution in [0.25, 0.3) is 0 Å². The van der Waals surface area contributed by atoms with E-state index in [9.17, 15) is 4.39 Å². The standard InChI is InChI=1S/C13H11BrClFN2/c1-17-13(9-4-5-18-7-12(9)16)10-6-8(14)2-3-11(10)15/h2-7,13,17H,1H3. The third-order valence-electron chi connectivity index (χ3n) is 2.67. The number of pyridine rings is 1. The molecule has 0 aliphatic rings. The van der Waals surface area contributed by atoms with Crippen LogP contribution in [0.5, 0.6) is 0 Å². The summed E-state index contributed by atoms with van der Waals surface area (Å²) < 4.78 is 14.7. The molecule has 1 aromatic heterocycles.